The number of carbonyl (C=O) groups is 1. The molecule has 32 heavy (non-hydrogen) atoms. The molecule has 0 spiro atoms. The lowest BCUT2D eigenvalue weighted by atomic mass is 10.1. The van der Waals surface area contributed by atoms with Gasteiger partial charge in [0.05, 0.1) is 10.6 Å². The average molecular weight is 445 g/mol. The first kappa shape index (κ1) is 21.6. The van der Waals surface area contributed by atoms with Gasteiger partial charge in [-0.2, -0.15) is 0 Å². The summed E-state index contributed by atoms with van der Waals surface area (Å²) in [5.74, 6) is -0.418. The van der Waals surface area contributed by atoms with Gasteiger partial charge >= 0.3 is 0 Å². The molecule has 0 radical (unpaired) electrons. The molecule has 0 aliphatic heterocycles. The van der Waals surface area contributed by atoms with Crippen LogP contribution in [0.5, 0.6) is 0 Å². The summed E-state index contributed by atoms with van der Waals surface area (Å²) in [6.07, 6.45) is 0. The van der Waals surface area contributed by atoms with E-state index >= 15 is 0 Å². The van der Waals surface area contributed by atoms with Gasteiger partial charge in [-0.15, -0.1) is 0 Å². The zero-order chi connectivity index (χ0) is 22.7. The van der Waals surface area contributed by atoms with E-state index in [0.717, 1.165) is 21.9 Å². The SMILES string of the molecule is Cc1cc(C)cc(N(CC(=O)Nc2ccc3ccccc3c2)S(=O)(=O)c2ccccc2)c1. The third-order valence-electron chi connectivity index (χ3n) is 5.15. The molecule has 4 aromatic rings. The second-order valence-electron chi connectivity index (χ2n) is 7.78. The lowest BCUT2D eigenvalue weighted by Gasteiger charge is -2.25. The molecule has 162 valence electrons. The third-order valence-corrected chi connectivity index (χ3v) is 6.93. The molecule has 4 rings (SSSR count). The Morgan fingerprint density at radius 3 is 2.09 bits per heavy atom. The molecule has 0 atom stereocenters. The topological polar surface area (TPSA) is 66.5 Å². The Bertz CT molecular complexity index is 1360. The Balaban J connectivity index is 1.67. The van der Waals surface area contributed by atoms with Crippen LogP contribution in [0.1, 0.15) is 11.1 Å². The highest BCUT2D eigenvalue weighted by Crippen LogP contribution is 2.26. The molecule has 0 saturated heterocycles. The maximum Gasteiger partial charge on any atom is 0.264 e. The maximum atomic E-state index is 13.5. The number of nitrogens with one attached hydrogen (secondary N) is 1. The monoisotopic (exact) mass is 444 g/mol. The van der Waals surface area contributed by atoms with Gasteiger partial charge < -0.3 is 5.32 Å². The van der Waals surface area contributed by atoms with E-state index < -0.39 is 15.9 Å². The fourth-order valence-corrected chi connectivity index (χ4v) is 5.15. The smallest absolute Gasteiger partial charge is 0.264 e. The zero-order valence-electron chi connectivity index (χ0n) is 17.9. The van der Waals surface area contributed by atoms with Crippen molar-refractivity contribution in [2.45, 2.75) is 18.7 Å². The number of benzene rings is 4. The minimum atomic E-state index is -3.94. The van der Waals surface area contributed by atoms with Crippen LogP contribution in [-0.4, -0.2) is 20.9 Å². The van der Waals surface area contributed by atoms with Crippen LogP contribution in [0.2, 0.25) is 0 Å². The standard InChI is InChI=1S/C26H24N2O3S/c1-19-14-20(2)16-24(15-19)28(32(30,31)25-10-4-3-5-11-25)18-26(29)27-23-13-12-21-8-6-7-9-22(21)17-23/h3-17H,18H2,1-2H3,(H,27,29). The normalized spacial score (nSPS) is 11.3. The Hall–Kier alpha value is -3.64. The van der Waals surface area contributed by atoms with Gasteiger partial charge in [-0.3, -0.25) is 9.10 Å². The van der Waals surface area contributed by atoms with Crippen molar-refractivity contribution in [2.75, 3.05) is 16.2 Å². The second kappa shape index (κ2) is 8.85. The molecule has 6 heteroatoms. The number of anilines is 2. The fraction of sp³-hybridized carbons (Fsp3) is 0.115. The number of amides is 1. The number of hydrogen-bond donors (Lipinski definition) is 1. The molecule has 0 aliphatic carbocycles. The quantitative estimate of drug-likeness (QED) is 0.439. The number of fused-ring (bicyclic) bond motifs is 1. The number of aryl methyl sites for hydroxylation is 2. The van der Waals surface area contributed by atoms with Gasteiger partial charge in [-0.25, -0.2) is 8.42 Å². The second-order valence-corrected chi connectivity index (χ2v) is 9.64. The van der Waals surface area contributed by atoms with Crippen molar-refractivity contribution < 1.29 is 13.2 Å². The summed E-state index contributed by atoms with van der Waals surface area (Å²) in [4.78, 5) is 13.1. The van der Waals surface area contributed by atoms with Crippen LogP contribution in [0.3, 0.4) is 0 Å². The van der Waals surface area contributed by atoms with Crippen molar-refractivity contribution in [3.8, 4) is 0 Å². The summed E-state index contributed by atoms with van der Waals surface area (Å²) in [5, 5.41) is 4.90. The highest BCUT2D eigenvalue weighted by atomic mass is 32.2. The molecule has 0 fully saturated rings. The van der Waals surface area contributed by atoms with Gasteiger partial charge in [0.25, 0.3) is 10.0 Å². The van der Waals surface area contributed by atoms with Gasteiger partial charge in [0.2, 0.25) is 5.91 Å². The Labute approximate surface area is 188 Å². The van der Waals surface area contributed by atoms with E-state index in [4.69, 9.17) is 0 Å². The van der Waals surface area contributed by atoms with Crippen LogP contribution in [0, 0.1) is 13.8 Å². The molecule has 0 aromatic heterocycles. The van der Waals surface area contributed by atoms with E-state index in [-0.39, 0.29) is 11.4 Å². The molecule has 0 bridgehead atoms. The van der Waals surface area contributed by atoms with Crippen LogP contribution < -0.4 is 9.62 Å². The van der Waals surface area contributed by atoms with Crippen molar-refractivity contribution in [3.63, 3.8) is 0 Å². The van der Waals surface area contributed by atoms with Gasteiger partial charge in [0, 0.05) is 5.69 Å². The highest BCUT2D eigenvalue weighted by molar-refractivity contribution is 7.92. The largest absolute Gasteiger partial charge is 0.324 e. The summed E-state index contributed by atoms with van der Waals surface area (Å²) in [6.45, 7) is 3.46. The number of carbonyl (C=O) groups excluding carboxylic acids is 1. The first-order chi connectivity index (χ1) is 15.3. The molecule has 1 N–H and O–H groups in total. The van der Waals surface area contributed by atoms with Crippen molar-refractivity contribution in [1.29, 1.82) is 0 Å². The molecule has 0 unspecified atom stereocenters. The van der Waals surface area contributed by atoms with Gasteiger partial charge in [-0.1, -0.05) is 54.6 Å². The summed E-state index contributed by atoms with van der Waals surface area (Å²) < 4.78 is 28.1. The van der Waals surface area contributed by atoms with Crippen LogP contribution in [0.15, 0.2) is 95.9 Å². The predicted octanol–water partition coefficient (Wildman–Crippen LogP) is 5.29. The van der Waals surface area contributed by atoms with Crippen molar-refractivity contribution in [2.24, 2.45) is 0 Å². The first-order valence-electron chi connectivity index (χ1n) is 10.3. The minimum absolute atomic E-state index is 0.137. The van der Waals surface area contributed by atoms with Crippen molar-refractivity contribution in [3.05, 3.63) is 102 Å². The Kier molecular flexibility index (Phi) is 5.97. The van der Waals surface area contributed by atoms with Crippen molar-refractivity contribution in [1.82, 2.24) is 0 Å². The molecule has 0 saturated carbocycles. The van der Waals surface area contributed by atoms with E-state index in [1.807, 2.05) is 62.4 Å². The van der Waals surface area contributed by atoms with Gasteiger partial charge in [-0.05, 0) is 72.1 Å². The maximum absolute atomic E-state index is 13.5. The summed E-state index contributed by atoms with van der Waals surface area (Å²) in [6, 6.07) is 27.1. The number of nitrogens with zero attached hydrogens (tertiary/aromatic N) is 1. The lowest BCUT2D eigenvalue weighted by molar-refractivity contribution is -0.114. The lowest BCUT2D eigenvalue weighted by Crippen LogP contribution is -2.38. The average Bonchev–Trinajstić information content (AvgIpc) is 2.77. The van der Waals surface area contributed by atoms with E-state index in [1.165, 1.54) is 16.4 Å². The Morgan fingerprint density at radius 2 is 1.41 bits per heavy atom. The number of sulfonamides is 1. The summed E-state index contributed by atoms with van der Waals surface area (Å²) in [7, 11) is -3.94. The van der Waals surface area contributed by atoms with Crippen molar-refractivity contribution >= 4 is 38.1 Å². The zero-order valence-corrected chi connectivity index (χ0v) is 18.8. The van der Waals surface area contributed by atoms with Crippen LogP contribution in [0.25, 0.3) is 10.8 Å². The first-order valence-corrected chi connectivity index (χ1v) is 11.7. The minimum Gasteiger partial charge on any atom is -0.324 e. The van der Waals surface area contributed by atoms with Crippen LogP contribution in [-0.2, 0) is 14.8 Å². The molecule has 0 heterocycles. The third kappa shape index (κ3) is 4.65. The Morgan fingerprint density at radius 1 is 0.781 bits per heavy atom. The van der Waals surface area contributed by atoms with E-state index in [2.05, 4.69) is 5.32 Å². The van der Waals surface area contributed by atoms with E-state index in [1.54, 1.807) is 30.3 Å². The van der Waals surface area contributed by atoms with E-state index in [9.17, 15) is 13.2 Å². The van der Waals surface area contributed by atoms with Crippen LogP contribution >= 0.6 is 0 Å². The molecular weight excluding hydrogens is 420 g/mol. The summed E-state index contributed by atoms with van der Waals surface area (Å²) in [5.41, 5.74) is 2.91. The highest BCUT2D eigenvalue weighted by Gasteiger charge is 2.27. The van der Waals surface area contributed by atoms with E-state index in [0.29, 0.717) is 11.4 Å². The number of hydrogen-bond acceptors (Lipinski definition) is 3. The number of rotatable bonds is 6. The molecular formula is C26H24N2O3S. The molecule has 5 nitrogen and oxygen atoms in total. The van der Waals surface area contributed by atoms with Crippen LogP contribution in [0.4, 0.5) is 11.4 Å². The molecule has 1 amide bonds. The molecule has 0 aliphatic rings. The summed E-state index contributed by atoms with van der Waals surface area (Å²) >= 11 is 0. The van der Waals surface area contributed by atoms with Gasteiger partial charge in [0.1, 0.15) is 6.54 Å². The molecule has 4 aromatic carbocycles. The fourth-order valence-electron chi connectivity index (χ4n) is 3.73. The predicted molar refractivity (Wildman–Crippen MR) is 129 cm³/mol. The van der Waals surface area contributed by atoms with Gasteiger partial charge in [0.15, 0.2) is 0 Å².